The molecule has 0 aliphatic carbocycles. The van der Waals surface area contributed by atoms with E-state index < -0.39 is 12.1 Å². The molecule has 1 N–H and O–H groups in total. The van der Waals surface area contributed by atoms with Gasteiger partial charge in [0.05, 0.1) is 12.6 Å². The number of likely N-dealkylation sites (tertiary alicyclic amines) is 2. The van der Waals surface area contributed by atoms with Gasteiger partial charge in [0.2, 0.25) is 5.91 Å². The van der Waals surface area contributed by atoms with Gasteiger partial charge in [-0.25, -0.2) is 0 Å². The molecule has 0 aromatic heterocycles. The van der Waals surface area contributed by atoms with Crippen LogP contribution in [0.1, 0.15) is 53.0 Å². The number of benzene rings is 2. The molecular weight excluding hydrogens is 430 g/mol. The van der Waals surface area contributed by atoms with Crippen LogP contribution in [0.4, 0.5) is 0 Å². The van der Waals surface area contributed by atoms with Crippen LogP contribution in [-0.4, -0.2) is 64.5 Å². The first-order valence-corrected chi connectivity index (χ1v) is 11.8. The predicted octanol–water partition coefficient (Wildman–Crippen LogP) is 2.83. The number of aryl methyl sites for hydroxylation is 1. The highest BCUT2D eigenvalue weighted by molar-refractivity contribution is 6.03. The molecule has 2 aliphatic rings. The Kier molecular flexibility index (Phi) is 6.82. The van der Waals surface area contributed by atoms with E-state index in [4.69, 9.17) is 0 Å². The maximum absolute atomic E-state index is 13.6. The van der Waals surface area contributed by atoms with Crippen molar-refractivity contribution < 1.29 is 19.2 Å². The van der Waals surface area contributed by atoms with Crippen molar-refractivity contribution in [2.24, 2.45) is 5.92 Å². The molecule has 2 aliphatic heterocycles. The van der Waals surface area contributed by atoms with Crippen LogP contribution in [0.2, 0.25) is 0 Å². The number of amides is 3. The Balaban J connectivity index is 1.51. The van der Waals surface area contributed by atoms with Crippen molar-refractivity contribution in [3.05, 3.63) is 71.3 Å². The number of rotatable bonds is 6. The van der Waals surface area contributed by atoms with Crippen molar-refractivity contribution >= 4 is 23.5 Å². The summed E-state index contributed by atoms with van der Waals surface area (Å²) in [6.45, 7) is 6.31. The van der Waals surface area contributed by atoms with E-state index >= 15 is 0 Å². The number of fused-ring (bicyclic) bond motifs is 1. The third-order valence-corrected chi connectivity index (χ3v) is 6.61. The molecule has 178 valence electrons. The van der Waals surface area contributed by atoms with Gasteiger partial charge in [-0.1, -0.05) is 49.7 Å². The summed E-state index contributed by atoms with van der Waals surface area (Å²) in [5.41, 5.74) is 2.07. The second-order valence-electron chi connectivity index (χ2n) is 9.62. The molecule has 7 heteroatoms. The Labute approximate surface area is 200 Å². The lowest BCUT2D eigenvalue weighted by Gasteiger charge is -2.29. The largest absolute Gasteiger partial charge is 0.340 e. The van der Waals surface area contributed by atoms with E-state index in [1.165, 1.54) is 0 Å². The van der Waals surface area contributed by atoms with E-state index in [0.29, 0.717) is 30.5 Å². The first-order valence-electron chi connectivity index (χ1n) is 11.8. The highest BCUT2D eigenvalue weighted by Crippen LogP contribution is 2.31. The van der Waals surface area contributed by atoms with Gasteiger partial charge in [0.15, 0.2) is 5.78 Å². The fourth-order valence-electron chi connectivity index (χ4n) is 4.93. The molecule has 2 saturated heterocycles. The summed E-state index contributed by atoms with van der Waals surface area (Å²) >= 11 is 0. The molecule has 0 bridgehead atoms. The summed E-state index contributed by atoms with van der Waals surface area (Å²) in [4.78, 5) is 55.6. The fraction of sp³-hybridized carbons (Fsp3) is 0.407. The molecule has 2 aromatic carbocycles. The summed E-state index contributed by atoms with van der Waals surface area (Å²) in [5.74, 6) is -0.728. The van der Waals surface area contributed by atoms with Crippen LogP contribution < -0.4 is 5.32 Å². The van der Waals surface area contributed by atoms with Gasteiger partial charge < -0.3 is 15.1 Å². The summed E-state index contributed by atoms with van der Waals surface area (Å²) in [7, 11) is 0. The third-order valence-electron chi connectivity index (χ3n) is 6.61. The maximum Gasteiger partial charge on any atom is 0.254 e. The quantitative estimate of drug-likeness (QED) is 0.717. The van der Waals surface area contributed by atoms with Crippen molar-refractivity contribution in [1.82, 2.24) is 15.1 Å². The molecule has 2 fully saturated rings. The number of hydrogen-bond acceptors (Lipinski definition) is 4. The van der Waals surface area contributed by atoms with Crippen LogP contribution in [0, 0.1) is 12.8 Å². The first kappa shape index (κ1) is 23.7. The summed E-state index contributed by atoms with van der Waals surface area (Å²) < 4.78 is 0. The molecule has 1 unspecified atom stereocenters. The number of carbonyl (C=O) groups is 4. The minimum Gasteiger partial charge on any atom is -0.340 e. The predicted molar refractivity (Wildman–Crippen MR) is 128 cm³/mol. The van der Waals surface area contributed by atoms with E-state index in [2.05, 4.69) is 5.32 Å². The van der Waals surface area contributed by atoms with Gasteiger partial charge in [0, 0.05) is 17.7 Å². The van der Waals surface area contributed by atoms with Crippen molar-refractivity contribution in [2.45, 2.75) is 51.7 Å². The lowest BCUT2D eigenvalue weighted by molar-refractivity contribution is -0.138. The van der Waals surface area contributed by atoms with Crippen LogP contribution in [0.5, 0.6) is 0 Å². The zero-order valence-corrected chi connectivity index (χ0v) is 19.9. The standard InChI is InChI=1S/C27H31N3O4/c1-17(2)15-21(28-25(32)19-11-9-18(3)10-12-19)27(34)29-14-13-22-24(29)23(31)16-30(22)26(33)20-7-5-4-6-8-20/h4-12,17,21-22,24H,13-16H2,1-3H3,(H,28,32)/t21-,22+,24?/m0/s1. The maximum atomic E-state index is 13.6. The van der Waals surface area contributed by atoms with Crippen LogP contribution >= 0.6 is 0 Å². The topological polar surface area (TPSA) is 86.8 Å². The Morgan fingerprint density at radius 2 is 1.65 bits per heavy atom. The number of nitrogens with one attached hydrogen (secondary N) is 1. The summed E-state index contributed by atoms with van der Waals surface area (Å²) in [6.07, 6.45) is 1.01. The summed E-state index contributed by atoms with van der Waals surface area (Å²) in [6, 6.07) is 14.3. The molecule has 3 atom stereocenters. The fourth-order valence-corrected chi connectivity index (χ4v) is 4.93. The number of carbonyl (C=O) groups excluding carboxylic acids is 4. The molecule has 0 spiro atoms. The number of Topliss-reactive ketones (excluding diaryl/α,β-unsaturated/α-hetero) is 1. The highest BCUT2D eigenvalue weighted by atomic mass is 16.2. The van der Waals surface area contributed by atoms with Crippen LogP contribution in [-0.2, 0) is 9.59 Å². The second-order valence-corrected chi connectivity index (χ2v) is 9.62. The van der Waals surface area contributed by atoms with Gasteiger partial charge >= 0.3 is 0 Å². The average molecular weight is 462 g/mol. The first-order chi connectivity index (χ1) is 16.3. The molecule has 2 heterocycles. The van der Waals surface area contributed by atoms with Gasteiger partial charge in [-0.3, -0.25) is 19.2 Å². The molecule has 7 nitrogen and oxygen atoms in total. The Hall–Kier alpha value is -3.48. The van der Waals surface area contributed by atoms with Crippen molar-refractivity contribution in [3.8, 4) is 0 Å². The van der Waals surface area contributed by atoms with E-state index in [1.54, 1.807) is 46.2 Å². The molecule has 0 saturated carbocycles. The molecule has 2 aromatic rings. The Morgan fingerprint density at radius 3 is 2.29 bits per heavy atom. The third kappa shape index (κ3) is 4.74. The van der Waals surface area contributed by atoms with Crippen molar-refractivity contribution in [1.29, 1.82) is 0 Å². The van der Waals surface area contributed by atoms with Crippen molar-refractivity contribution in [3.63, 3.8) is 0 Å². The van der Waals surface area contributed by atoms with Gasteiger partial charge in [-0.15, -0.1) is 0 Å². The molecule has 3 amide bonds. The monoisotopic (exact) mass is 461 g/mol. The minimum absolute atomic E-state index is 0.00257. The lowest BCUT2D eigenvalue weighted by atomic mass is 10.0. The smallest absolute Gasteiger partial charge is 0.254 e. The minimum atomic E-state index is -0.737. The van der Waals surface area contributed by atoms with Crippen LogP contribution in [0.25, 0.3) is 0 Å². The van der Waals surface area contributed by atoms with Gasteiger partial charge in [-0.05, 0) is 49.9 Å². The number of nitrogens with zero attached hydrogens (tertiary/aromatic N) is 2. The van der Waals surface area contributed by atoms with E-state index in [-0.39, 0.29) is 42.0 Å². The average Bonchev–Trinajstić information content (AvgIpc) is 3.39. The van der Waals surface area contributed by atoms with Gasteiger partial charge in [0.1, 0.15) is 12.1 Å². The molecule has 4 rings (SSSR count). The molecule has 0 radical (unpaired) electrons. The Morgan fingerprint density at radius 1 is 0.971 bits per heavy atom. The zero-order valence-electron chi connectivity index (χ0n) is 19.9. The summed E-state index contributed by atoms with van der Waals surface area (Å²) in [5, 5.41) is 2.89. The number of hydrogen-bond donors (Lipinski definition) is 1. The van der Waals surface area contributed by atoms with Crippen LogP contribution in [0.3, 0.4) is 0 Å². The van der Waals surface area contributed by atoms with E-state index in [0.717, 1.165) is 5.56 Å². The second kappa shape index (κ2) is 9.79. The number of ketones is 1. The Bertz CT molecular complexity index is 1080. The zero-order chi connectivity index (χ0) is 24.4. The van der Waals surface area contributed by atoms with Crippen molar-refractivity contribution in [2.75, 3.05) is 13.1 Å². The SMILES string of the molecule is Cc1ccc(C(=O)N[C@@H](CC(C)C)C(=O)N2CC[C@@H]3C2C(=O)CN3C(=O)c2ccccc2)cc1. The normalized spacial score (nSPS) is 20.4. The van der Waals surface area contributed by atoms with E-state index in [9.17, 15) is 19.2 Å². The van der Waals surface area contributed by atoms with E-state index in [1.807, 2.05) is 39.0 Å². The van der Waals surface area contributed by atoms with Crippen LogP contribution in [0.15, 0.2) is 54.6 Å². The molecule has 34 heavy (non-hydrogen) atoms. The van der Waals surface area contributed by atoms with Gasteiger partial charge in [0.25, 0.3) is 11.8 Å². The highest BCUT2D eigenvalue weighted by Gasteiger charge is 2.52. The lowest BCUT2D eigenvalue weighted by Crippen LogP contribution is -2.53. The molecular formula is C27H31N3O4. The van der Waals surface area contributed by atoms with Gasteiger partial charge in [-0.2, -0.15) is 0 Å².